The van der Waals surface area contributed by atoms with Crippen molar-refractivity contribution >= 4 is 59.3 Å². The molecule has 0 saturated heterocycles. The van der Waals surface area contributed by atoms with Gasteiger partial charge in [-0.3, -0.25) is 0 Å². The summed E-state index contributed by atoms with van der Waals surface area (Å²) in [4.78, 5) is 2.41. The van der Waals surface area contributed by atoms with Gasteiger partial charge >= 0.3 is 0 Å². The van der Waals surface area contributed by atoms with Crippen molar-refractivity contribution < 1.29 is 0 Å². The predicted molar refractivity (Wildman–Crippen MR) is 233 cm³/mol. The van der Waals surface area contributed by atoms with Crippen LogP contribution >= 0.6 is 11.3 Å². The van der Waals surface area contributed by atoms with Gasteiger partial charge in [0.1, 0.15) is 0 Å². The molecule has 54 heavy (non-hydrogen) atoms. The Labute approximate surface area is 319 Å². The Morgan fingerprint density at radius 1 is 0.315 bits per heavy atom. The van der Waals surface area contributed by atoms with Gasteiger partial charge < -0.3 is 4.90 Å². The molecular weight excluding hydrogens is 671 g/mol. The Morgan fingerprint density at radius 2 is 0.833 bits per heavy atom. The Balaban J connectivity index is 1.08. The highest BCUT2D eigenvalue weighted by Crippen LogP contribution is 2.46. The molecule has 0 aliphatic rings. The third-order valence-electron chi connectivity index (χ3n) is 10.5. The van der Waals surface area contributed by atoms with Crippen molar-refractivity contribution in [2.24, 2.45) is 0 Å². The highest BCUT2D eigenvalue weighted by atomic mass is 32.1. The van der Waals surface area contributed by atoms with Crippen LogP contribution in [0.3, 0.4) is 0 Å². The van der Waals surface area contributed by atoms with Crippen LogP contribution in [0.1, 0.15) is 0 Å². The second kappa shape index (κ2) is 13.7. The molecule has 0 radical (unpaired) electrons. The molecule has 0 atom stereocenters. The first-order valence-electron chi connectivity index (χ1n) is 18.4. The van der Waals surface area contributed by atoms with Gasteiger partial charge in [0.25, 0.3) is 0 Å². The van der Waals surface area contributed by atoms with Crippen molar-refractivity contribution in [3.63, 3.8) is 0 Å². The molecule has 1 nitrogen and oxygen atoms in total. The standard InChI is InChI=1S/C52H35NS/c1-2-12-36(13-3-1)38-26-30-44(31-27-38)53(50-22-8-6-18-46(50)48-20-11-21-49-47-19-7-9-23-51(47)54-52(48)49)45-32-28-39(29-33-45)41-16-10-17-42(34-41)43-25-24-37-14-4-5-15-40(37)35-43/h1-35H. The number of para-hydroxylation sites is 1. The van der Waals surface area contributed by atoms with Crippen LogP contribution in [0.15, 0.2) is 212 Å². The molecule has 10 aromatic rings. The molecule has 0 aliphatic heterocycles. The summed E-state index contributed by atoms with van der Waals surface area (Å²) in [5.74, 6) is 0. The number of rotatable bonds is 7. The van der Waals surface area contributed by atoms with Crippen LogP contribution < -0.4 is 4.90 Å². The van der Waals surface area contributed by atoms with E-state index in [1.807, 2.05) is 11.3 Å². The van der Waals surface area contributed by atoms with Gasteiger partial charge in [0.2, 0.25) is 0 Å². The van der Waals surface area contributed by atoms with Gasteiger partial charge in [0.15, 0.2) is 0 Å². The Hall–Kier alpha value is -6.74. The molecule has 0 amide bonds. The van der Waals surface area contributed by atoms with E-state index >= 15 is 0 Å². The molecule has 0 spiro atoms. The minimum Gasteiger partial charge on any atom is -0.310 e. The molecule has 10 rings (SSSR count). The van der Waals surface area contributed by atoms with E-state index in [0.717, 1.165) is 17.1 Å². The van der Waals surface area contributed by atoms with Gasteiger partial charge in [-0.05, 0) is 92.7 Å². The summed E-state index contributed by atoms with van der Waals surface area (Å²) in [6, 6.07) is 77.1. The third kappa shape index (κ3) is 5.84. The van der Waals surface area contributed by atoms with Crippen LogP contribution in [0.5, 0.6) is 0 Å². The average molecular weight is 706 g/mol. The third-order valence-corrected chi connectivity index (χ3v) is 11.7. The minimum atomic E-state index is 1.10. The minimum absolute atomic E-state index is 1.10. The maximum absolute atomic E-state index is 2.41. The first kappa shape index (κ1) is 32.0. The molecule has 2 heteroatoms. The maximum Gasteiger partial charge on any atom is 0.0540 e. The lowest BCUT2D eigenvalue weighted by atomic mass is 9.97. The summed E-state index contributed by atoms with van der Waals surface area (Å²) in [7, 11) is 0. The van der Waals surface area contributed by atoms with E-state index in [1.54, 1.807) is 0 Å². The number of anilines is 3. The lowest BCUT2D eigenvalue weighted by molar-refractivity contribution is 1.28. The van der Waals surface area contributed by atoms with E-state index in [-0.39, 0.29) is 0 Å². The number of fused-ring (bicyclic) bond motifs is 4. The molecule has 254 valence electrons. The number of hydrogen-bond acceptors (Lipinski definition) is 2. The number of benzene rings is 9. The summed E-state index contributed by atoms with van der Waals surface area (Å²) in [5, 5.41) is 5.13. The molecule has 1 heterocycles. The van der Waals surface area contributed by atoms with E-state index in [0.29, 0.717) is 0 Å². The molecule has 0 fully saturated rings. The predicted octanol–water partition coefficient (Wildman–Crippen LogP) is 15.3. The van der Waals surface area contributed by atoms with Crippen LogP contribution in [0, 0.1) is 0 Å². The first-order valence-corrected chi connectivity index (χ1v) is 19.2. The zero-order valence-electron chi connectivity index (χ0n) is 29.6. The van der Waals surface area contributed by atoms with Gasteiger partial charge in [-0.1, -0.05) is 164 Å². The van der Waals surface area contributed by atoms with Crippen LogP contribution in [-0.2, 0) is 0 Å². The summed E-state index contributed by atoms with van der Waals surface area (Å²) < 4.78 is 2.62. The molecule has 0 aliphatic carbocycles. The molecular formula is C52H35NS. The van der Waals surface area contributed by atoms with Crippen LogP contribution in [0.4, 0.5) is 17.1 Å². The van der Waals surface area contributed by atoms with Gasteiger partial charge in [-0.15, -0.1) is 11.3 Å². The van der Waals surface area contributed by atoms with Crippen molar-refractivity contribution in [1.82, 2.24) is 0 Å². The fourth-order valence-electron chi connectivity index (χ4n) is 7.77. The fraction of sp³-hybridized carbons (Fsp3) is 0. The van der Waals surface area contributed by atoms with Crippen molar-refractivity contribution in [2.75, 3.05) is 4.90 Å². The second-order valence-electron chi connectivity index (χ2n) is 13.7. The quantitative estimate of drug-likeness (QED) is 0.160. The summed E-state index contributed by atoms with van der Waals surface area (Å²) >= 11 is 1.88. The maximum atomic E-state index is 2.41. The van der Waals surface area contributed by atoms with Crippen molar-refractivity contribution in [2.45, 2.75) is 0 Å². The van der Waals surface area contributed by atoms with Gasteiger partial charge in [0.05, 0.1) is 5.69 Å². The van der Waals surface area contributed by atoms with E-state index in [4.69, 9.17) is 0 Å². The highest BCUT2D eigenvalue weighted by molar-refractivity contribution is 7.26. The number of nitrogens with zero attached hydrogens (tertiary/aromatic N) is 1. The van der Waals surface area contributed by atoms with Crippen LogP contribution in [0.25, 0.3) is 75.5 Å². The summed E-state index contributed by atoms with van der Waals surface area (Å²) in [5.41, 5.74) is 13.0. The molecule has 0 N–H and O–H groups in total. The Kier molecular flexibility index (Phi) is 8.09. The lowest BCUT2D eigenvalue weighted by Crippen LogP contribution is -2.11. The summed E-state index contributed by atoms with van der Waals surface area (Å²) in [6.45, 7) is 0. The van der Waals surface area contributed by atoms with E-state index < -0.39 is 0 Å². The van der Waals surface area contributed by atoms with Crippen molar-refractivity contribution in [3.8, 4) is 44.5 Å². The van der Waals surface area contributed by atoms with Gasteiger partial charge in [0, 0.05) is 42.7 Å². The number of thiophene rings is 1. The lowest BCUT2D eigenvalue weighted by Gasteiger charge is -2.28. The SMILES string of the molecule is c1ccc(-c2ccc(N(c3ccc(-c4cccc(-c5ccc6ccccc6c5)c4)cc3)c3ccccc3-c3cccc4c3sc3ccccc34)cc2)cc1. The molecule has 0 saturated carbocycles. The fourth-order valence-corrected chi connectivity index (χ4v) is 9.00. The number of hydrogen-bond donors (Lipinski definition) is 0. The summed E-state index contributed by atoms with van der Waals surface area (Å²) in [6.07, 6.45) is 0. The average Bonchev–Trinajstić information content (AvgIpc) is 3.64. The highest BCUT2D eigenvalue weighted by Gasteiger charge is 2.20. The zero-order chi connectivity index (χ0) is 35.8. The Morgan fingerprint density at radius 3 is 1.63 bits per heavy atom. The van der Waals surface area contributed by atoms with E-state index in [2.05, 4.69) is 217 Å². The molecule has 9 aromatic carbocycles. The largest absolute Gasteiger partial charge is 0.310 e. The molecule has 0 unspecified atom stereocenters. The normalized spacial score (nSPS) is 11.3. The smallest absolute Gasteiger partial charge is 0.0540 e. The van der Waals surface area contributed by atoms with Gasteiger partial charge in [-0.25, -0.2) is 0 Å². The van der Waals surface area contributed by atoms with E-state index in [1.165, 1.54) is 75.5 Å². The topological polar surface area (TPSA) is 3.24 Å². The zero-order valence-corrected chi connectivity index (χ0v) is 30.4. The second-order valence-corrected chi connectivity index (χ2v) is 14.8. The van der Waals surface area contributed by atoms with Crippen LogP contribution in [0.2, 0.25) is 0 Å². The molecule has 1 aromatic heterocycles. The van der Waals surface area contributed by atoms with Crippen molar-refractivity contribution in [1.29, 1.82) is 0 Å². The monoisotopic (exact) mass is 705 g/mol. The Bertz CT molecular complexity index is 2920. The molecule has 0 bridgehead atoms. The van der Waals surface area contributed by atoms with E-state index in [9.17, 15) is 0 Å². The first-order chi connectivity index (χ1) is 26.8. The van der Waals surface area contributed by atoms with Crippen molar-refractivity contribution in [3.05, 3.63) is 212 Å². The van der Waals surface area contributed by atoms with Gasteiger partial charge in [-0.2, -0.15) is 0 Å². The van der Waals surface area contributed by atoms with Crippen LogP contribution in [-0.4, -0.2) is 0 Å².